The van der Waals surface area contributed by atoms with Crippen LogP contribution in [0.3, 0.4) is 0 Å². The predicted molar refractivity (Wildman–Crippen MR) is 144 cm³/mol. The lowest BCUT2D eigenvalue weighted by Gasteiger charge is -2.28. The molecular formula is C26H42N6O7. The molecule has 0 saturated heterocycles. The average Bonchev–Trinajstić information content (AvgIpc) is 2.89. The Morgan fingerprint density at radius 1 is 0.897 bits per heavy atom. The van der Waals surface area contributed by atoms with Crippen LogP contribution in [-0.4, -0.2) is 70.5 Å². The van der Waals surface area contributed by atoms with Gasteiger partial charge in [-0.15, -0.1) is 0 Å². The molecular weight excluding hydrogens is 508 g/mol. The average molecular weight is 551 g/mol. The van der Waals surface area contributed by atoms with Crippen molar-refractivity contribution in [1.82, 2.24) is 16.0 Å². The molecule has 0 aliphatic rings. The number of phenolic OH excluding ortho intramolecular Hbond substituents is 1. The third-order valence-electron chi connectivity index (χ3n) is 6.40. The summed E-state index contributed by atoms with van der Waals surface area (Å²) in [6.45, 7) is 3.97. The van der Waals surface area contributed by atoms with Gasteiger partial charge in [-0.05, 0) is 49.4 Å². The fourth-order valence-corrected chi connectivity index (χ4v) is 3.76. The summed E-state index contributed by atoms with van der Waals surface area (Å²) in [7, 11) is 0. The van der Waals surface area contributed by atoms with Crippen molar-refractivity contribution in [3.05, 3.63) is 29.8 Å². The Balaban J connectivity index is 3.02. The van der Waals surface area contributed by atoms with Gasteiger partial charge in [0.25, 0.3) is 0 Å². The zero-order valence-corrected chi connectivity index (χ0v) is 22.5. The second-order valence-corrected chi connectivity index (χ2v) is 9.60. The summed E-state index contributed by atoms with van der Waals surface area (Å²) in [5, 5.41) is 26.7. The lowest BCUT2D eigenvalue weighted by Crippen LogP contribution is -2.59. The molecule has 1 aromatic carbocycles. The summed E-state index contributed by atoms with van der Waals surface area (Å²) < 4.78 is 0. The molecule has 0 saturated carbocycles. The maximum Gasteiger partial charge on any atom is 0.326 e. The number of nitrogens with two attached hydrogens (primary N) is 3. The monoisotopic (exact) mass is 550 g/mol. The molecule has 0 aromatic heterocycles. The van der Waals surface area contributed by atoms with Crippen LogP contribution in [0.25, 0.3) is 0 Å². The number of aliphatic carboxylic acids is 1. The summed E-state index contributed by atoms with van der Waals surface area (Å²) >= 11 is 0. The van der Waals surface area contributed by atoms with Crippen LogP contribution in [0.15, 0.2) is 24.3 Å². The molecule has 13 heteroatoms. The molecule has 11 N–H and O–H groups in total. The molecule has 0 heterocycles. The van der Waals surface area contributed by atoms with Gasteiger partial charge in [-0.1, -0.05) is 38.8 Å². The van der Waals surface area contributed by atoms with Crippen molar-refractivity contribution in [2.75, 3.05) is 6.54 Å². The van der Waals surface area contributed by atoms with Crippen LogP contribution in [0.4, 0.5) is 0 Å². The number of carboxylic acids is 1. The molecule has 1 rings (SSSR count). The Hall–Kier alpha value is -3.71. The molecule has 0 fully saturated rings. The number of primary amides is 1. The number of phenols is 1. The highest BCUT2D eigenvalue weighted by Crippen LogP contribution is 2.13. The molecule has 218 valence electrons. The van der Waals surface area contributed by atoms with Gasteiger partial charge in [-0.3, -0.25) is 19.2 Å². The number of hydrogen-bond acceptors (Lipinski definition) is 8. The number of amides is 4. The fourth-order valence-electron chi connectivity index (χ4n) is 3.76. The number of unbranched alkanes of at least 4 members (excludes halogenated alkanes) is 1. The minimum Gasteiger partial charge on any atom is -0.508 e. The van der Waals surface area contributed by atoms with Gasteiger partial charge in [0.15, 0.2) is 0 Å². The highest BCUT2D eigenvalue weighted by atomic mass is 16.4. The summed E-state index contributed by atoms with van der Waals surface area (Å²) in [4.78, 5) is 62.2. The van der Waals surface area contributed by atoms with E-state index in [-0.39, 0.29) is 25.0 Å². The molecule has 39 heavy (non-hydrogen) atoms. The van der Waals surface area contributed by atoms with Crippen molar-refractivity contribution < 1.29 is 34.2 Å². The van der Waals surface area contributed by atoms with E-state index in [1.54, 1.807) is 13.8 Å². The number of hydrogen-bond donors (Lipinski definition) is 8. The van der Waals surface area contributed by atoms with E-state index in [1.807, 2.05) is 0 Å². The number of nitrogens with one attached hydrogen (secondary N) is 3. The van der Waals surface area contributed by atoms with E-state index in [0.29, 0.717) is 37.8 Å². The van der Waals surface area contributed by atoms with Crippen LogP contribution >= 0.6 is 0 Å². The van der Waals surface area contributed by atoms with Gasteiger partial charge in [0.05, 0.1) is 6.04 Å². The zero-order valence-electron chi connectivity index (χ0n) is 22.5. The number of rotatable bonds is 18. The van der Waals surface area contributed by atoms with Gasteiger partial charge < -0.3 is 43.4 Å². The Kier molecular flexibility index (Phi) is 14.5. The molecule has 0 radical (unpaired) electrons. The van der Waals surface area contributed by atoms with E-state index in [2.05, 4.69) is 16.0 Å². The molecule has 0 spiro atoms. The van der Waals surface area contributed by atoms with E-state index in [9.17, 15) is 34.2 Å². The summed E-state index contributed by atoms with van der Waals surface area (Å²) in [5.41, 5.74) is 17.2. The van der Waals surface area contributed by atoms with Crippen LogP contribution in [0, 0.1) is 5.92 Å². The van der Waals surface area contributed by atoms with E-state index in [0.717, 1.165) is 0 Å². The Labute approximate surface area is 228 Å². The zero-order chi connectivity index (χ0) is 29.5. The molecule has 5 atom stereocenters. The van der Waals surface area contributed by atoms with Crippen molar-refractivity contribution in [2.45, 2.75) is 83.0 Å². The van der Waals surface area contributed by atoms with E-state index >= 15 is 0 Å². The summed E-state index contributed by atoms with van der Waals surface area (Å²) in [5.74, 6) is -4.38. The van der Waals surface area contributed by atoms with Crippen molar-refractivity contribution >= 4 is 29.6 Å². The number of carboxylic acid groups (broad SMARTS) is 1. The quantitative estimate of drug-likeness (QED) is 0.107. The number of carbonyl (C=O) groups excluding carboxylic acids is 4. The Bertz CT molecular complexity index is 972. The fraction of sp³-hybridized carbons (Fsp3) is 0.577. The van der Waals surface area contributed by atoms with Crippen molar-refractivity contribution in [3.8, 4) is 5.75 Å². The Morgan fingerprint density at radius 2 is 1.51 bits per heavy atom. The SMILES string of the molecule is CCC(C)C(NC(=O)C(CCC(N)=O)NC(=O)C(N)CCCCN)C(=O)NC(Cc1ccc(O)cc1)C(=O)O. The molecule has 1 aromatic rings. The van der Waals surface area contributed by atoms with Crippen LogP contribution in [-0.2, 0) is 30.4 Å². The van der Waals surface area contributed by atoms with E-state index in [1.165, 1.54) is 24.3 Å². The van der Waals surface area contributed by atoms with Gasteiger partial charge in [0.2, 0.25) is 23.6 Å². The maximum atomic E-state index is 13.2. The minimum atomic E-state index is -1.30. The third-order valence-corrected chi connectivity index (χ3v) is 6.40. The largest absolute Gasteiger partial charge is 0.508 e. The molecule has 0 aliphatic heterocycles. The number of benzene rings is 1. The molecule has 0 aliphatic carbocycles. The summed E-state index contributed by atoms with van der Waals surface area (Å²) in [6.07, 6.45) is 1.75. The number of aromatic hydroxyl groups is 1. The highest BCUT2D eigenvalue weighted by Gasteiger charge is 2.33. The lowest BCUT2D eigenvalue weighted by atomic mass is 9.96. The Morgan fingerprint density at radius 3 is 2.05 bits per heavy atom. The van der Waals surface area contributed by atoms with Gasteiger partial charge in [0, 0.05) is 12.8 Å². The van der Waals surface area contributed by atoms with E-state index < -0.39 is 59.7 Å². The highest BCUT2D eigenvalue weighted by molar-refractivity contribution is 5.94. The first-order chi connectivity index (χ1) is 18.4. The molecule has 13 nitrogen and oxygen atoms in total. The first-order valence-corrected chi connectivity index (χ1v) is 13.0. The smallest absolute Gasteiger partial charge is 0.326 e. The van der Waals surface area contributed by atoms with Gasteiger partial charge in [0.1, 0.15) is 23.9 Å². The van der Waals surface area contributed by atoms with Crippen LogP contribution in [0.5, 0.6) is 5.75 Å². The van der Waals surface area contributed by atoms with Crippen molar-refractivity contribution in [2.24, 2.45) is 23.1 Å². The van der Waals surface area contributed by atoms with Gasteiger partial charge in [-0.25, -0.2) is 4.79 Å². The van der Waals surface area contributed by atoms with Crippen LogP contribution < -0.4 is 33.2 Å². The van der Waals surface area contributed by atoms with Gasteiger partial charge in [-0.2, -0.15) is 0 Å². The second kappa shape index (κ2) is 17.0. The second-order valence-electron chi connectivity index (χ2n) is 9.60. The molecule has 0 bridgehead atoms. The van der Waals surface area contributed by atoms with Gasteiger partial charge >= 0.3 is 5.97 Å². The van der Waals surface area contributed by atoms with Crippen LogP contribution in [0.2, 0.25) is 0 Å². The lowest BCUT2D eigenvalue weighted by molar-refractivity contribution is -0.142. The van der Waals surface area contributed by atoms with Crippen molar-refractivity contribution in [1.29, 1.82) is 0 Å². The molecule has 5 unspecified atom stereocenters. The molecule has 4 amide bonds. The first-order valence-electron chi connectivity index (χ1n) is 13.0. The maximum absolute atomic E-state index is 13.2. The number of carbonyl (C=O) groups is 5. The van der Waals surface area contributed by atoms with Crippen molar-refractivity contribution in [3.63, 3.8) is 0 Å². The summed E-state index contributed by atoms with van der Waals surface area (Å²) in [6, 6.07) is 1.36. The first kappa shape index (κ1) is 33.3. The predicted octanol–water partition coefficient (Wildman–Crippen LogP) is -0.758. The van der Waals surface area contributed by atoms with E-state index in [4.69, 9.17) is 17.2 Å². The standard InChI is InChI=1S/C26H42N6O7/c1-3-15(2)22(25(37)31-20(26(38)39)14-16-7-9-17(33)10-8-16)32-24(36)19(11-12-21(29)34)30-23(35)18(28)6-4-5-13-27/h7-10,15,18-20,22,33H,3-6,11-14,27-28H2,1-2H3,(H2,29,34)(H,30,35)(H,31,37)(H,32,36)(H,38,39). The minimum absolute atomic E-state index is 0.0173. The topological polar surface area (TPSA) is 240 Å². The third kappa shape index (κ3) is 12.1. The van der Waals surface area contributed by atoms with Crippen LogP contribution in [0.1, 0.15) is 57.9 Å². The normalized spacial score (nSPS) is 14.8.